The normalized spacial score (nSPS) is 21.8. The molecule has 0 saturated carbocycles. The van der Waals surface area contributed by atoms with Crippen LogP contribution >= 0.6 is 34.8 Å². The van der Waals surface area contributed by atoms with Crippen LogP contribution in [0.3, 0.4) is 0 Å². The van der Waals surface area contributed by atoms with E-state index >= 15 is 0 Å². The first-order chi connectivity index (χ1) is 11.7. The zero-order valence-corrected chi connectivity index (χ0v) is 15.8. The summed E-state index contributed by atoms with van der Waals surface area (Å²) in [6.07, 6.45) is 0. The van der Waals surface area contributed by atoms with Gasteiger partial charge in [-0.1, -0.05) is 65.1 Å². The number of hydrogen-bond acceptors (Lipinski definition) is 4. The molecule has 2 rings (SSSR count). The predicted octanol–water partition coefficient (Wildman–Crippen LogP) is 2.23. The van der Waals surface area contributed by atoms with Gasteiger partial charge < -0.3 is 15.0 Å². The van der Waals surface area contributed by atoms with Crippen molar-refractivity contribution < 1.29 is 19.1 Å². The van der Waals surface area contributed by atoms with E-state index in [-0.39, 0.29) is 12.6 Å². The second-order valence-corrected chi connectivity index (χ2v) is 7.94. The first-order valence-electron chi connectivity index (χ1n) is 7.47. The van der Waals surface area contributed by atoms with Gasteiger partial charge in [0.05, 0.1) is 13.2 Å². The van der Waals surface area contributed by atoms with Crippen molar-refractivity contribution in [1.29, 1.82) is 0 Å². The number of nitrogens with zero attached hydrogens (tertiary/aromatic N) is 1. The second kappa shape index (κ2) is 7.81. The van der Waals surface area contributed by atoms with Gasteiger partial charge in [0.15, 0.2) is 0 Å². The molecular weight excluding hydrogens is 391 g/mol. The highest BCUT2D eigenvalue weighted by Crippen LogP contribution is 2.31. The lowest BCUT2D eigenvalue weighted by Gasteiger charge is -2.25. The number of esters is 1. The SMILES string of the molecule is COC(=O)[C@H]1CN([C@@H](C)c2ccccc2)C(=O)[C@@H]1NC(=O)C(Cl)(Cl)Cl. The van der Waals surface area contributed by atoms with Crippen LogP contribution in [0, 0.1) is 5.92 Å². The second-order valence-electron chi connectivity index (χ2n) is 5.66. The largest absolute Gasteiger partial charge is 0.469 e. The molecule has 0 aromatic heterocycles. The monoisotopic (exact) mass is 406 g/mol. The quantitative estimate of drug-likeness (QED) is 0.613. The average Bonchev–Trinajstić information content (AvgIpc) is 2.90. The van der Waals surface area contributed by atoms with Crippen LogP contribution in [0.5, 0.6) is 0 Å². The lowest BCUT2D eigenvalue weighted by Crippen LogP contribution is -2.49. The highest BCUT2D eigenvalue weighted by atomic mass is 35.6. The van der Waals surface area contributed by atoms with Crippen molar-refractivity contribution in [3.63, 3.8) is 0 Å². The van der Waals surface area contributed by atoms with Crippen LogP contribution in [0.15, 0.2) is 30.3 Å². The summed E-state index contributed by atoms with van der Waals surface area (Å²) >= 11 is 16.6. The molecule has 0 bridgehead atoms. The Morgan fingerprint density at radius 2 is 1.88 bits per heavy atom. The molecule has 0 unspecified atom stereocenters. The fourth-order valence-corrected chi connectivity index (χ4v) is 2.93. The number of halogens is 3. The van der Waals surface area contributed by atoms with E-state index in [0.29, 0.717) is 0 Å². The van der Waals surface area contributed by atoms with Gasteiger partial charge >= 0.3 is 5.97 Å². The maximum Gasteiger partial charge on any atom is 0.313 e. The van der Waals surface area contributed by atoms with Crippen molar-refractivity contribution in [2.45, 2.75) is 22.8 Å². The standard InChI is InChI=1S/C16H17Cl3N2O4/c1-9(10-6-4-3-5-7-10)21-8-11(14(23)25-2)12(13(21)22)20-15(24)16(17,18)19/h3-7,9,11-12H,8H2,1-2H3,(H,20,24)/t9-,11-,12+/m0/s1. The molecule has 0 aliphatic carbocycles. The molecular formula is C16H17Cl3N2O4. The minimum Gasteiger partial charge on any atom is -0.469 e. The van der Waals surface area contributed by atoms with Gasteiger partial charge in [0.25, 0.3) is 9.70 Å². The minimum atomic E-state index is -2.24. The number of ether oxygens (including phenoxy) is 1. The van der Waals surface area contributed by atoms with Crippen molar-refractivity contribution in [2.24, 2.45) is 5.92 Å². The Morgan fingerprint density at radius 3 is 2.40 bits per heavy atom. The lowest BCUT2D eigenvalue weighted by molar-refractivity contribution is -0.146. The van der Waals surface area contributed by atoms with E-state index < -0.39 is 33.5 Å². The molecule has 1 aromatic rings. The van der Waals surface area contributed by atoms with Gasteiger partial charge in [-0.15, -0.1) is 0 Å². The van der Waals surface area contributed by atoms with Gasteiger partial charge in [-0.05, 0) is 12.5 Å². The molecule has 1 heterocycles. The molecule has 0 radical (unpaired) electrons. The Balaban J connectivity index is 2.26. The molecule has 1 aliphatic heterocycles. The summed E-state index contributed by atoms with van der Waals surface area (Å²) in [5, 5.41) is 2.34. The van der Waals surface area contributed by atoms with Gasteiger partial charge in [-0.3, -0.25) is 14.4 Å². The molecule has 1 aromatic carbocycles. The maximum atomic E-state index is 12.8. The van der Waals surface area contributed by atoms with E-state index in [0.717, 1.165) is 5.56 Å². The molecule has 1 saturated heterocycles. The van der Waals surface area contributed by atoms with Crippen LogP contribution < -0.4 is 5.32 Å². The lowest BCUT2D eigenvalue weighted by atomic mass is 10.0. The average molecular weight is 408 g/mol. The van der Waals surface area contributed by atoms with Crippen LogP contribution in [-0.2, 0) is 19.1 Å². The summed E-state index contributed by atoms with van der Waals surface area (Å²) < 4.78 is 2.51. The summed E-state index contributed by atoms with van der Waals surface area (Å²) in [4.78, 5) is 38.3. The molecule has 6 nitrogen and oxygen atoms in total. The van der Waals surface area contributed by atoms with Gasteiger partial charge in [0, 0.05) is 6.54 Å². The van der Waals surface area contributed by atoms with E-state index in [1.165, 1.54) is 12.0 Å². The van der Waals surface area contributed by atoms with Crippen LogP contribution in [0.25, 0.3) is 0 Å². The number of rotatable bonds is 4. The number of alkyl halides is 3. The number of hydrogen-bond donors (Lipinski definition) is 1. The summed E-state index contributed by atoms with van der Waals surface area (Å²) in [7, 11) is 1.21. The third-order valence-electron chi connectivity index (χ3n) is 4.14. The van der Waals surface area contributed by atoms with E-state index in [9.17, 15) is 14.4 Å². The summed E-state index contributed by atoms with van der Waals surface area (Å²) in [5.41, 5.74) is 0.896. The van der Waals surface area contributed by atoms with Crippen molar-refractivity contribution in [3.8, 4) is 0 Å². The Labute approximate surface area is 160 Å². The molecule has 1 fully saturated rings. The van der Waals surface area contributed by atoms with Gasteiger partial charge in [-0.2, -0.15) is 0 Å². The molecule has 2 amide bonds. The number of amides is 2. The van der Waals surface area contributed by atoms with E-state index in [1.54, 1.807) is 0 Å². The molecule has 25 heavy (non-hydrogen) atoms. The highest BCUT2D eigenvalue weighted by molar-refractivity contribution is 6.76. The van der Waals surface area contributed by atoms with E-state index in [1.807, 2.05) is 37.3 Å². The number of benzene rings is 1. The van der Waals surface area contributed by atoms with Crippen molar-refractivity contribution in [2.75, 3.05) is 13.7 Å². The fourth-order valence-electron chi connectivity index (χ4n) is 2.77. The summed E-state index contributed by atoms with van der Waals surface area (Å²) in [6.45, 7) is 1.92. The third-order valence-corrected chi connectivity index (χ3v) is 4.66. The van der Waals surface area contributed by atoms with Gasteiger partial charge in [0.1, 0.15) is 12.0 Å². The molecule has 9 heteroatoms. The highest BCUT2D eigenvalue weighted by Gasteiger charge is 2.49. The Kier molecular flexibility index (Phi) is 6.19. The Bertz CT molecular complexity index is 663. The third kappa shape index (κ3) is 4.37. The molecule has 136 valence electrons. The molecule has 1 aliphatic rings. The topological polar surface area (TPSA) is 75.7 Å². The number of carbonyl (C=O) groups excluding carboxylic acids is 3. The van der Waals surface area contributed by atoms with Crippen molar-refractivity contribution >= 4 is 52.6 Å². The number of methoxy groups -OCH3 is 1. The van der Waals surface area contributed by atoms with Crippen molar-refractivity contribution in [1.82, 2.24) is 10.2 Å². The predicted molar refractivity (Wildman–Crippen MR) is 94.3 cm³/mol. The zero-order valence-electron chi connectivity index (χ0n) is 13.5. The van der Waals surface area contributed by atoms with Crippen LogP contribution in [-0.4, -0.2) is 46.2 Å². The molecule has 0 spiro atoms. The summed E-state index contributed by atoms with van der Waals surface area (Å²) in [5.74, 6) is -2.92. The minimum absolute atomic E-state index is 0.0897. The van der Waals surface area contributed by atoms with E-state index in [2.05, 4.69) is 5.32 Å². The number of nitrogens with one attached hydrogen (secondary N) is 1. The van der Waals surface area contributed by atoms with Crippen LogP contribution in [0.4, 0.5) is 0 Å². The Morgan fingerprint density at radius 1 is 1.28 bits per heavy atom. The fraction of sp³-hybridized carbons (Fsp3) is 0.438. The van der Waals surface area contributed by atoms with Gasteiger partial charge in [-0.25, -0.2) is 0 Å². The maximum absolute atomic E-state index is 12.8. The molecule has 3 atom stereocenters. The number of carbonyl (C=O) groups is 3. The first kappa shape index (κ1) is 19.8. The smallest absolute Gasteiger partial charge is 0.313 e. The number of likely N-dealkylation sites (tertiary alicyclic amines) is 1. The summed E-state index contributed by atoms with van der Waals surface area (Å²) in [6, 6.07) is 7.87. The van der Waals surface area contributed by atoms with Crippen LogP contribution in [0.2, 0.25) is 0 Å². The molecule has 1 N–H and O–H groups in total. The Hall–Kier alpha value is -1.50. The van der Waals surface area contributed by atoms with E-state index in [4.69, 9.17) is 39.5 Å². The van der Waals surface area contributed by atoms with Gasteiger partial charge in [0.2, 0.25) is 5.91 Å². The first-order valence-corrected chi connectivity index (χ1v) is 8.61. The van der Waals surface area contributed by atoms with Crippen molar-refractivity contribution in [3.05, 3.63) is 35.9 Å². The van der Waals surface area contributed by atoms with Crippen LogP contribution in [0.1, 0.15) is 18.5 Å². The zero-order chi connectivity index (χ0) is 18.8.